The highest BCUT2D eigenvalue weighted by atomic mass is 16.5. The van der Waals surface area contributed by atoms with Crippen LogP contribution in [0.3, 0.4) is 0 Å². The van der Waals surface area contributed by atoms with E-state index in [0.29, 0.717) is 0 Å². The van der Waals surface area contributed by atoms with E-state index in [1.807, 2.05) is 38.1 Å². The van der Waals surface area contributed by atoms with Crippen LogP contribution < -0.4 is 0 Å². The predicted octanol–water partition coefficient (Wildman–Crippen LogP) is 3.37. The first-order valence-corrected chi connectivity index (χ1v) is 8.14. The van der Waals surface area contributed by atoms with E-state index in [9.17, 15) is 4.79 Å². The summed E-state index contributed by atoms with van der Waals surface area (Å²) < 4.78 is 5.37. The zero-order valence-electron chi connectivity index (χ0n) is 13.8. The second-order valence-electron chi connectivity index (χ2n) is 6.23. The molecule has 0 saturated carbocycles. The van der Waals surface area contributed by atoms with Gasteiger partial charge in [0.15, 0.2) is 5.78 Å². The zero-order valence-corrected chi connectivity index (χ0v) is 13.8. The number of carbonyl (C=O) groups excluding carboxylic acids is 1. The summed E-state index contributed by atoms with van der Waals surface area (Å²) in [5, 5.41) is 0. The molecule has 0 radical (unpaired) electrons. The van der Waals surface area contributed by atoms with E-state index in [-0.39, 0.29) is 5.78 Å². The van der Waals surface area contributed by atoms with Crippen molar-refractivity contribution in [3.05, 3.63) is 70.3 Å². The average molecular weight is 309 g/mol. The molecule has 2 aromatic rings. The van der Waals surface area contributed by atoms with Crippen molar-refractivity contribution in [2.75, 3.05) is 26.3 Å². The third-order valence-corrected chi connectivity index (χ3v) is 4.35. The molecule has 1 aliphatic rings. The topological polar surface area (TPSA) is 29.5 Å². The summed E-state index contributed by atoms with van der Waals surface area (Å²) in [7, 11) is 0. The van der Waals surface area contributed by atoms with E-state index in [1.54, 1.807) is 0 Å². The van der Waals surface area contributed by atoms with E-state index in [1.165, 1.54) is 11.1 Å². The number of aryl methyl sites for hydroxylation is 2. The van der Waals surface area contributed by atoms with Gasteiger partial charge in [0.1, 0.15) is 0 Å². The number of carbonyl (C=O) groups is 1. The van der Waals surface area contributed by atoms with Gasteiger partial charge in [-0.1, -0.05) is 48.0 Å². The molecule has 0 spiro atoms. The molecule has 0 bridgehead atoms. The second kappa shape index (κ2) is 7.07. The van der Waals surface area contributed by atoms with Crippen LogP contribution in [0, 0.1) is 13.8 Å². The molecule has 1 fully saturated rings. The molecule has 120 valence electrons. The monoisotopic (exact) mass is 309 g/mol. The zero-order chi connectivity index (χ0) is 16.2. The fourth-order valence-corrected chi connectivity index (χ4v) is 3.00. The van der Waals surface area contributed by atoms with E-state index in [2.05, 4.69) is 23.1 Å². The van der Waals surface area contributed by atoms with Gasteiger partial charge >= 0.3 is 0 Å². The molecule has 0 atom stereocenters. The van der Waals surface area contributed by atoms with E-state index in [4.69, 9.17) is 4.74 Å². The van der Waals surface area contributed by atoms with Gasteiger partial charge in [-0.05, 0) is 25.0 Å². The first kappa shape index (κ1) is 15.9. The highest BCUT2D eigenvalue weighted by Crippen LogP contribution is 2.17. The number of nitrogens with zero attached hydrogens (tertiary/aromatic N) is 1. The minimum atomic E-state index is 0.0976. The molecular formula is C20H23NO2. The molecule has 1 saturated heterocycles. The summed E-state index contributed by atoms with van der Waals surface area (Å²) in [4.78, 5) is 15.0. The maximum absolute atomic E-state index is 12.7. The summed E-state index contributed by atoms with van der Waals surface area (Å²) in [5.74, 6) is 0.0976. The molecule has 0 aliphatic carbocycles. The fraction of sp³-hybridized carbons (Fsp3) is 0.350. The normalized spacial score (nSPS) is 15.6. The molecule has 2 aromatic carbocycles. The van der Waals surface area contributed by atoms with Crippen molar-refractivity contribution in [3.8, 4) is 0 Å². The summed E-state index contributed by atoms with van der Waals surface area (Å²) in [6.07, 6.45) is 0. The lowest BCUT2D eigenvalue weighted by molar-refractivity contribution is 0.0342. The lowest BCUT2D eigenvalue weighted by Crippen LogP contribution is -2.35. The van der Waals surface area contributed by atoms with E-state index in [0.717, 1.165) is 49.5 Å². The maximum Gasteiger partial charge on any atom is 0.193 e. The second-order valence-corrected chi connectivity index (χ2v) is 6.23. The Bertz CT molecular complexity index is 685. The van der Waals surface area contributed by atoms with Gasteiger partial charge in [0.2, 0.25) is 0 Å². The van der Waals surface area contributed by atoms with Crippen molar-refractivity contribution >= 4 is 5.78 Å². The van der Waals surface area contributed by atoms with Gasteiger partial charge in [-0.15, -0.1) is 0 Å². The molecule has 3 nitrogen and oxygen atoms in total. The van der Waals surface area contributed by atoms with Gasteiger partial charge in [0, 0.05) is 30.8 Å². The number of ether oxygens (including phenoxy) is 1. The molecule has 3 heteroatoms. The van der Waals surface area contributed by atoms with Crippen LogP contribution in [0.25, 0.3) is 0 Å². The molecule has 0 amide bonds. The standard InChI is InChI=1S/C20H23NO2/c1-15-3-8-19(16(2)13-15)20(22)18-6-4-17(5-7-18)14-21-9-11-23-12-10-21/h3-8,13H,9-12,14H2,1-2H3. The Kier molecular flexibility index (Phi) is 4.89. The lowest BCUT2D eigenvalue weighted by atomic mass is 9.97. The fourth-order valence-electron chi connectivity index (χ4n) is 3.00. The van der Waals surface area contributed by atoms with Gasteiger partial charge in [0.25, 0.3) is 0 Å². The summed E-state index contributed by atoms with van der Waals surface area (Å²) >= 11 is 0. The van der Waals surface area contributed by atoms with Gasteiger partial charge in [-0.25, -0.2) is 0 Å². The molecular weight excluding hydrogens is 286 g/mol. The van der Waals surface area contributed by atoms with E-state index >= 15 is 0 Å². The number of hydrogen-bond acceptors (Lipinski definition) is 3. The van der Waals surface area contributed by atoms with Gasteiger partial charge < -0.3 is 4.74 Å². The Balaban J connectivity index is 1.72. The molecule has 1 aliphatic heterocycles. The SMILES string of the molecule is Cc1ccc(C(=O)c2ccc(CN3CCOCC3)cc2)c(C)c1. The molecule has 0 aromatic heterocycles. The summed E-state index contributed by atoms with van der Waals surface area (Å²) in [6, 6.07) is 14.0. The number of morpholine rings is 1. The Morgan fingerprint density at radius 1 is 1.04 bits per heavy atom. The number of rotatable bonds is 4. The molecule has 0 N–H and O–H groups in total. The molecule has 1 heterocycles. The van der Waals surface area contributed by atoms with Crippen molar-refractivity contribution in [2.45, 2.75) is 20.4 Å². The van der Waals surface area contributed by atoms with Crippen molar-refractivity contribution < 1.29 is 9.53 Å². The maximum atomic E-state index is 12.7. The van der Waals surface area contributed by atoms with Crippen LogP contribution >= 0.6 is 0 Å². The smallest absolute Gasteiger partial charge is 0.193 e. The number of ketones is 1. The van der Waals surface area contributed by atoms with Crippen molar-refractivity contribution in [2.24, 2.45) is 0 Å². The van der Waals surface area contributed by atoms with Crippen LogP contribution in [0.2, 0.25) is 0 Å². The predicted molar refractivity (Wildman–Crippen MR) is 91.9 cm³/mol. The van der Waals surface area contributed by atoms with Crippen LogP contribution in [0.1, 0.15) is 32.6 Å². The Morgan fingerprint density at radius 2 is 1.74 bits per heavy atom. The molecule has 3 rings (SSSR count). The van der Waals surface area contributed by atoms with Crippen molar-refractivity contribution in [1.82, 2.24) is 4.90 Å². The van der Waals surface area contributed by atoms with E-state index < -0.39 is 0 Å². The van der Waals surface area contributed by atoms with Crippen LogP contribution in [-0.4, -0.2) is 37.0 Å². The Hall–Kier alpha value is -1.97. The Labute approximate surface area is 137 Å². The third kappa shape index (κ3) is 3.87. The minimum Gasteiger partial charge on any atom is -0.379 e. The summed E-state index contributed by atoms with van der Waals surface area (Å²) in [5.41, 5.74) is 5.00. The highest BCUT2D eigenvalue weighted by molar-refractivity contribution is 6.09. The number of benzene rings is 2. The van der Waals surface area contributed by atoms with Crippen LogP contribution in [0.4, 0.5) is 0 Å². The largest absolute Gasteiger partial charge is 0.379 e. The Morgan fingerprint density at radius 3 is 2.39 bits per heavy atom. The third-order valence-electron chi connectivity index (χ3n) is 4.35. The van der Waals surface area contributed by atoms with Crippen LogP contribution in [0.15, 0.2) is 42.5 Å². The summed E-state index contributed by atoms with van der Waals surface area (Å²) in [6.45, 7) is 8.52. The van der Waals surface area contributed by atoms with Gasteiger partial charge in [0.05, 0.1) is 13.2 Å². The van der Waals surface area contributed by atoms with Crippen molar-refractivity contribution in [3.63, 3.8) is 0 Å². The van der Waals surface area contributed by atoms with Crippen molar-refractivity contribution in [1.29, 1.82) is 0 Å². The number of hydrogen-bond donors (Lipinski definition) is 0. The minimum absolute atomic E-state index is 0.0976. The molecule has 0 unspecified atom stereocenters. The average Bonchev–Trinajstić information content (AvgIpc) is 2.56. The first-order valence-electron chi connectivity index (χ1n) is 8.14. The molecule has 23 heavy (non-hydrogen) atoms. The van der Waals surface area contributed by atoms with Crippen LogP contribution in [-0.2, 0) is 11.3 Å². The van der Waals surface area contributed by atoms with Crippen LogP contribution in [0.5, 0.6) is 0 Å². The first-order chi connectivity index (χ1) is 11.1. The van der Waals surface area contributed by atoms with Gasteiger partial charge in [-0.3, -0.25) is 9.69 Å². The quantitative estimate of drug-likeness (QED) is 0.811. The lowest BCUT2D eigenvalue weighted by Gasteiger charge is -2.26. The highest BCUT2D eigenvalue weighted by Gasteiger charge is 2.13. The van der Waals surface area contributed by atoms with Gasteiger partial charge in [-0.2, -0.15) is 0 Å².